The number of nitrogens with zero attached hydrogens (tertiary/aromatic N) is 2. The fraction of sp³-hybridized carbons (Fsp3) is 0.517. The lowest BCUT2D eigenvalue weighted by Crippen LogP contribution is -2.48. The highest BCUT2D eigenvalue weighted by molar-refractivity contribution is 6.09. The molecule has 2 fully saturated rings. The van der Waals surface area contributed by atoms with Gasteiger partial charge in [-0.2, -0.15) is 0 Å². The summed E-state index contributed by atoms with van der Waals surface area (Å²) in [6.07, 6.45) is 6.50. The number of halogens is 1. The Hall–Kier alpha value is -3.49. The molecule has 0 saturated heterocycles. The van der Waals surface area contributed by atoms with E-state index in [4.69, 9.17) is 4.74 Å². The Morgan fingerprint density at radius 3 is 2.63 bits per heavy atom. The van der Waals surface area contributed by atoms with E-state index < -0.39 is 5.82 Å². The normalized spacial score (nSPS) is 21.3. The summed E-state index contributed by atoms with van der Waals surface area (Å²) in [4.78, 5) is 37.4. The molecule has 3 atom stereocenters. The molecule has 8 nitrogen and oxygen atoms in total. The molecule has 2 heterocycles. The number of hydrogen-bond acceptors (Lipinski definition) is 5. The van der Waals surface area contributed by atoms with E-state index in [1.165, 1.54) is 6.33 Å². The van der Waals surface area contributed by atoms with Crippen LogP contribution in [-0.2, 0) is 4.79 Å². The first-order valence-corrected chi connectivity index (χ1v) is 13.6. The van der Waals surface area contributed by atoms with Crippen LogP contribution in [0.3, 0.4) is 0 Å². The van der Waals surface area contributed by atoms with Gasteiger partial charge in [0.15, 0.2) is 0 Å². The fourth-order valence-electron chi connectivity index (χ4n) is 5.40. The summed E-state index contributed by atoms with van der Waals surface area (Å²) in [5.41, 5.74) is 3.20. The Bertz CT molecular complexity index is 1370. The van der Waals surface area contributed by atoms with E-state index in [2.05, 4.69) is 32.5 Å². The molecule has 0 radical (unpaired) electrons. The lowest BCUT2D eigenvalue weighted by molar-refractivity contribution is -0.121. The molecule has 2 amide bonds. The maximum absolute atomic E-state index is 15.5. The summed E-state index contributed by atoms with van der Waals surface area (Å²) >= 11 is 0. The van der Waals surface area contributed by atoms with Gasteiger partial charge in [-0.05, 0) is 69.4 Å². The number of carbonyl (C=O) groups excluding carboxylic acids is 2. The van der Waals surface area contributed by atoms with Crippen LogP contribution in [0, 0.1) is 31.5 Å². The highest BCUT2D eigenvalue weighted by Crippen LogP contribution is 2.39. The van der Waals surface area contributed by atoms with Gasteiger partial charge in [0.25, 0.3) is 5.91 Å². The van der Waals surface area contributed by atoms with E-state index in [1.807, 2.05) is 13.8 Å². The molecule has 2 aliphatic rings. The Morgan fingerprint density at radius 1 is 1.13 bits per heavy atom. The van der Waals surface area contributed by atoms with Gasteiger partial charge in [0.05, 0.1) is 23.3 Å². The van der Waals surface area contributed by atoms with Gasteiger partial charge in [-0.25, -0.2) is 14.4 Å². The predicted octanol–water partition coefficient (Wildman–Crippen LogP) is 4.98. The van der Waals surface area contributed by atoms with Crippen molar-refractivity contribution in [2.45, 2.75) is 78.3 Å². The SMILES string of the molecule is CCC(=O)N[C@@H]1CC[C@H](NC(=O)c2c(C)[nH]c3c(-c4c(OCC5CC5)ccc(C)c4F)ncnc23)[C@H](C)C1. The summed E-state index contributed by atoms with van der Waals surface area (Å²) in [6, 6.07) is 3.62. The molecule has 202 valence electrons. The van der Waals surface area contributed by atoms with Gasteiger partial charge in [0.1, 0.15) is 29.1 Å². The van der Waals surface area contributed by atoms with Crippen molar-refractivity contribution in [2.24, 2.45) is 11.8 Å². The predicted molar refractivity (Wildman–Crippen MR) is 143 cm³/mol. The Balaban J connectivity index is 1.42. The van der Waals surface area contributed by atoms with Crippen LogP contribution in [0.15, 0.2) is 18.5 Å². The largest absolute Gasteiger partial charge is 0.492 e. The summed E-state index contributed by atoms with van der Waals surface area (Å²) in [7, 11) is 0. The van der Waals surface area contributed by atoms with E-state index in [0.29, 0.717) is 58.2 Å². The lowest BCUT2D eigenvalue weighted by Gasteiger charge is -2.35. The molecule has 1 aromatic carbocycles. The molecular formula is C29H36FN5O3. The number of aromatic amines is 1. The first kappa shape index (κ1) is 26.1. The summed E-state index contributed by atoms with van der Waals surface area (Å²) < 4.78 is 21.5. The molecule has 0 unspecified atom stereocenters. The third-order valence-corrected chi connectivity index (χ3v) is 7.88. The first-order chi connectivity index (χ1) is 18.3. The summed E-state index contributed by atoms with van der Waals surface area (Å²) in [6.45, 7) is 8.02. The first-order valence-electron chi connectivity index (χ1n) is 13.6. The number of rotatable bonds is 8. The van der Waals surface area contributed by atoms with Crippen LogP contribution in [0.1, 0.15) is 74.0 Å². The second-order valence-corrected chi connectivity index (χ2v) is 10.9. The van der Waals surface area contributed by atoms with Gasteiger partial charge in [0, 0.05) is 24.2 Å². The number of ether oxygens (including phenoxy) is 1. The molecule has 3 aromatic rings. The zero-order valence-electron chi connectivity index (χ0n) is 22.5. The van der Waals surface area contributed by atoms with E-state index in [9.17, 15) is 9.59 Å². The Labute approximate surface area is 222 Å². The van der Waals surface area contributed by atoms with E-state index in [0.717, 1.165) is 32.1 Å². The van der Waals surface area contributed by atoms with E-state index in [1.54, 1.807) is 19.1 Å². The third kappa shape index (κ3) is 5.24. The van der Waals surface area contributed by atoms with Crippen molar-refractivity contribution in [3.8, 4) is 17.0 Å². The lowest BCUT2D eigenvalue weighted by atomic mass is 9.82. The smallest absolute Gasteiger partial charge is 0.255 e. The van der Waals surface area contributed by atoms with Crippen molar-refractivity contribution in [1.29, 1.82) is 0 Å². The number of benzene rings is 1. The maximum Gasteiger partial charge on any atom is 0.255 e. The van der Waals surface area contributed by atoms with Crippen molar-refractivity contribution < 1.29 is 18.7 Å². The minimum atomic E-state index is -0.391. The second kappa shape index (κ2) is 10.7. The Kier molecular flexibility index (Phi) is 7.36. The summed E-state index contributed by atoms with van der Waals surface area (Å²) in [5, 5.41) is 6.26. The second-order valence-electron chi connectivity index (χ2n) is 10.9. The van der Waals surface area contributed by atoms with Crippen molar-refractivity contribution >= 4 is 22.8 Å². The standard InChI is InChI=1S/C29H36FN5O3/c1-5-22(36)34-19-9-10-20(16(3)12-19)35-29(37)23-17(4)33-28-26(23)31-14-32-27(28)24-21(38-13-18-7-8-18)11-6-15(2)25(24)30/h6,11,14,16,18-20,33H,5,7-10,12-13H2,1-4H3,(H,34,36)(H,35,37)/t16-,19-,20+/m1/s1. The molecular weight excluding hydrogens is 485 g/mol. The fourth-order valence-corrected chi connectivity index (χ4v) is 5.40. The number of H-pyrrole nitrogens is 1. The molecule has 0 spiro atoms. The molecule has 0 aliphatic heterocycles. The maximum atomic E-state index is 15.5. The van der Waals surface area contributed by atoms with Crippen LogP contribution in [0.4, 0.5) is 4.39 Å². The third-order valence-electron chi connectivity index (χ3n) is 7.88. The number of aromatic nitrogens is 3. The van der Waals surface area contributed by atoms with Crippen molar-refractivity contribution in [3.05, 3.63) is 41.1 Å². The number of hydrogen-bond donors (Lipinski definition) is 3. The zero-order chi connectivity index (χ0) is 27.0. The number of amides is 2. The number of nitrogens with one attached hydrogen (secondary N) is 3. The van der Waals surface area contributed by atoms with Gasteiger partial charge < -0.3 is 20.4 Å². The van der Waals surface area contributed by atoms with Crippen molar-refractivity contribution in [3.63, 3.8) is 0 Å². The minimum absolute atomic E-state index is 0.0143. The molecule has 38 heavy (non-hydrogen) atoms. The van der Waals surface area contributed by atoms with Crippen molar-refractivity contribution in [2.75, 3.05) is 6.61 Å². The number of aryl methyl sites for hydroxylation is 2. The summed E-state index contributed by atoms with van der Waals surface area (Å²) in [5.74, 6) is 0.609. The van der Waals surface area contributed by atoms with Gasteiger partial charge in [0.2, 0.25) is 5.91 Å². The molecule has 2 saturated carbocycles. The molecule has 9 heteroatoms. The average molecular weight is 522 g/mol. The quantitative estimate of drug-likeness (QED) is 0.387. The number of fused-ring (bicyclic) bond motifs is 1. The molecule has 5 rings (SSSR count). The molecule has 2 aliphatic carbocycles. The van der Waals surface area contributed by atoms with Crippen LogP contribution in [0.2, 0.25) is 0 Å². The molecule has 2 aromatic heterocycles. The number of carbonyl (C=O) groups is 2. The minimum Gasteiger partial charge on any atom is -0.492 e. The van der Waals surface area contributed by atoms with E-state index >= 15 is 4.39 Å². The monoisotopic (exact) mass is 521 g/mol. The molecule has 3 N–H and O–H groups in total. The average Bonchev–Trinajstić information content (AvgIpc) is 3.66. The zero-order valence-corrected chi connectivity index (χ0v) is 22.5. The van der Waals surface area contributed by atoms with Crippen LogP contribution in [0.5, 0.6) is 5.75 Å². The van der Waals surface area contributed by atoms with Crippen LogP contribution >= 0.6 is 0 Å². The van der Waals surface area contributed by atoms with Gasteiger partial charge in [-0.3, -0.25) is 9.59 Å². The van der Waals surface area contributed by atoms with Gasteiger partial charge >= 0.3 is 0 Å². The van der Waals surface area contributed by atoms with Crippen LogP contribution < -0.4 is 15.4 Å². The highest BCUT2D eigenvalue weighted by atomic mass is 19.1. The van der Waals surface area contributed by atoms with E-state index in [-0.39, 0.29) is 35.4 Å². The van der Waals surface area contributed by atoms with Crippen LogP contribution in [-0.4, -0.2) is 45.5 Å². The highest BCUT2D eigenvalue weighted by Gasteiger charge is 2.31. The molecule has 0 bridgehead atoms. The van der Waals surface area contributed by atoms with Gasteiger partial charge in [-0.1, -0.05) is 19.9 Å². The van der Waals surface area contributed by atoms with Gasteiger partial charge in [-0.15, -0.1) is 0 Å². The van der Waals surface area contributed by atoms with Crippen molar-refractivity contribution in [1.82, 2.24) is 25.6 Å². The van der Waals surface area contributed by atoms with Crippen LogP contribution in [0.25, 0.3) is 22.3 Å². The Morgan fingerprint density at radius 2 is 1.92 bits per heavy atom. The topological polar surface area (TPSA) is 109 Å².